The van der Waals surface area contributed by atoms with Crippen LogP contribution in [0.25, 0.3) is 0 Å². The van der Waals surface area contributed by atoms with Gasteiger partial charge in [-0.2, -0.15) is 0 Å². The van der Waals surface area contributed by atoms with Crippen molar-refractivity contribution in [2.45, 2.75) is 39.5 Å². The van der Waals surface area contributed by atoms with E-state index >= 15 is 0 Å². The normalized spacial score (nSPS) is 10.0. The maximum atomic E-state index is 11.0. The molecule has 0 atom stereocenters. The average Bonchev–Trinajstić information content (AvgIpc) is 1.86. The van der Waals surface area contributed by atoms with Gasteiger partial charge in [-0.15, -0.1) is 0 Å². The van der Waals surface area contributed by atoms with E-state index in [1.807, 2.05) is 0 Å². The minimum atomic E-state index is -0.919. The monoisotopic (exact) mass is 335 g/mol. The molecule has 0 bridgehead atoms. The summed E-state index contributed by atoms with van der Waals surface area (Å²) in [6.45, 7) is 3.61. The molecule has 3 heteroatoms. The SMILES string of the molecule is CCCCC[C](=O)[Ir][C](C)=O. The molecule has 0 heterocycles. The molecule has 0 aromatic heterocycles. The van der Waals surface area contributed by atoms with Gasteiger partial charge >= 0.3 is 75.4 Å². The Kier molecular flexibility index (Phi) is 6.68. The first-order chi connectivity index (χ1) is 5.16. The summed E-state index contributed by atoms with van der Waals surface area (Å²) >= 11 is -0.919. The predicted molar refractivity (Wildman–Crippen MR) is 39.8 cm³/mol. The Bertz CT molecular complexity index is 143. The first kappa shape index (κ1) is 11.0. The van der Waals surface area contributed by atoms with Crippen LogP contribution < -0.4 is 0 Å². The molecule has 0 amide bonds. The number of hydrogen-bond donors (Lipinski definition) is 0. The molecular formula is C8H14IrO2. The zero-order chi connectivity index (χ0) is 8.69. The molecule has 2 nitrogen and oxygen atoms in total. The van der Waals surface area contributed by atoms with Crippen LogP contribution in [-0.4, -0.2) is 8.59 Å². The molecule has 67 valence electrons. The number of carbonyl (C=O) groups excluding carboxylic acids is 2. The van der Waals surface area contributed by atoms with Gasteiger partial charge in [0, 0.05) is 0 Å². The van der Waals surface area contributed by atoms with Gasteiger partial charge in [0.25, 0.3) is 0 Å². The number of carbonyl (C=O) groups is 2. The fourth-order valence-electron chi connectivity index (χ4n) is 0.679. The fraction of sp³-hybridized carbons (Fsp3) is 0.750. The molecular weight excluding hydrogens is 320 g/mol. The van der Waals surface area contributed by atoms with Gasteiger partial charge in [-0.05, 0) is 0 Å². The van der Waals surface area contributed by atoms with Crippen molar-refractivity contribution in [2.24, 2.45) is 0 Å². The Balaban J connectivity index is 3.30. The molecule has 11 heavy (non-hydrogen) atoms. The second kappa shape index (κ2) is 6.68. The summed E-state index contributed by atoms with van der Waals surface area (Å²) in [5, 5.41) is 0. The quantitative estimate of drug-likeness (QED) is 0.693. The Hall–Kier alpha value is -0.0106. The summed E-state index contributed by atoms with van der Waals surface area (Å²) in [5.74, 6) is 0. The first-order valence-electron chi connectivity index (χ1n) is 3.80. The van der Waals surface area contributed by atoms with E-state index in [0.717, 1.165) is 19.3 Å². The van der Waals surface area contributed by atoms with Crippen LogP contribution in [0, 0.1) is 0 Å². The molecule has 0 aliphatic heterocycles. The maximum absolute atomic E-state index is 11.0. The summed E-state index contributed by atoms with van der Waals surface area (Å²) in [6.07, 6.45) is 3.84. The van der Waals surface area contributed by atoms with Gasteiger partial charge in [0.05, 0.1) is 0 Å². The van der Waals surface area contributed by atoms with Crippen molar-refractivity contribution >= 4 is 8.59 Å². The molecule has 0 aromatic rings. The number of hydrogen-bond acceptors (Lipinski definition) is 2. The van der Waals surface area contributed by atoms with Gasteiger partial charge in [-0.1, -0.05) is 0 Å². The summed E-state index contributed by atoms with van der Waals surface area (Å²) in [5.41, 5.74) is 0. The van der Waals surface area contributed by atoms with Crippen molar-refractivity contribution in [1.29, 1.82) is 0 Å². The molecule has 0 aliphatic carbocycles. The fourth-order valence-corrected chi connectivity index (χ4v) is 2.34. The van der Waals surface area contributed by atoms with Crippen LogP contribution in [0.4, 0.5) is 0 Å². The molecule has 0 spiro atoms. The number of rotatable bonds is 6. The van der Waals surface area contributed by atoms with Crippen molar-refractivity contribution in [3.8, 4) is 0 Å². The van der Waals surface area contributed by atoms with Gasteiger partial charge in [0.1, 0.15) is 0 Å². The van der Waals surface area contributed by atoms with Crippen LogP contribution in [0.15, 0.2) is 0 Å². The van der Waals surface area contributed by atoms with Crippen LogP contribution in [0.3, 0.4) is 0 Å². The molecule has 0 saturated carbocycles. The molecule has 0 rings (SSSR count). The van der Waals surface area contributed by atoms with Crippen molar-refractivity contribution in [1.82, 2.24) is 0 Å². The zero-order valence-electron chi connectivity index (χ0n) is 6.98. The molecule has 0 saturated heterocycles. The first-order valence-corrected chi connectivity index (χ1v) is 6.20. The Morgan fingerprint density at radius 2 is 1.91 bits per heavy atom. The Morgan fingerprint density at radius 1 is 1.27 bits per heavy atom. The van der Waals surface area contributed by atoms with E-state index in [2.05, 4.69) is 6.92 Å². The Labute approximate surface area is 75.7 Å². The van der Waals surface area contributed by atoms with E-state index in [0.29, 0.717) is 6.42 Å². The molecule has 0 aromatic carbocycles. The third kappa shape index (κ3) is 7.89. The van der Waals surface area contributed by atoms with Crippen LogP contribution in [-0.2, 0) is 27.3 Å². The molecule has 0 unspecified atom stereocenters. The van der Waals surface area contributed by atoms with Gasteiger partial charge in [-0.3, -0.25) is 0 Å². The summed E-state index contributed by atoms with van der Waals surface area (Å²) in [7, 11) is 0. The van der Waals surface area contributed by atoms with Gasteiger partial charge in [0.2, 0.25) is 0 Å². The van der Waals surface area contributed by atoms with E-state index in [1.165, 1.54) is 6.92 Å². The van der Waals surface area contributed by atoms with Crippen molar-refractivity contribution < 1.29 is 27.3 Å². The van der Waals surface area contributed by atoms with Gasteiger partial charge < -0.3 is 0 Å². The van der Waals surface area contributed by atoms with E-state index in [1.54, 1.807) is 0 Å². The summed E-state index contributed by atoms with van der Waals surface area (Å²) in [4.78, 5) is 21.5. The molecule has 0 N–H and O–H groups in total. The zero-order valence-corrected chi connectivity index (χ0v) is 9.37. The predicted octanol–water partition coefficient (Wildman–Crippen LogP) is 1.72. The van der Waals surface area contributed by atoms with Crippen molar-refractivity contribution in [2.75, 3.05) is 0 Å². The second-order valence-electron chi connectivity index (χ2n) is 2.31. The van der Waals surface area contributed by atoms with Crippen molar-refractivity contribution in [3.63, 3.8) is 0 Å². The Morgan fingerprint density at radius 3 is 2.36 bits per heavy atom. The second-order valence-corrected chi connectivity index (χ2v) is 5.93. The van der Waals surface area contributed by atoms with Crippen LogP contribution >= 0.6 is 0 Å². The molecule has 0 fully saturated rings. The van der Waals surface area contributed by atoms with Gasteiger partial charge in [0.15, 0.2) is 0 Å². The molecule has 0 radical (unpaired) electrons. The summed E-state index contributed by atoms with van der Waals surface area (Å²) < 4.78 is 0.317. The van der Waals surface area contributed by atoms with Gasteiger partial charge in [-0.25, -0.2) is 0 Å². The van der Waals surface area contributed by atoms with Crippen LogP contribution in [0.1, 0.15) is 39.5 Å². The summed E-state index contributed by atoms with van der Waals surface area (Å²) in [6, 6.07) is 0. The minimum absolute atomic E-state index is 0.103. The third-order valence-corrected chi connectivity index (χ3v) is 3.29. The average molecular weight is 334 g/mol. The third-order valence-electron chi connectivity index (χ3n) is 1.18. The van der Waals surface area contributed by atoms with E-state index in [4.69, 9.17) is 0 Å². The topological polar surface area (TPSA) is 34.1 Å². The van der Waals surface area contributed by atoms with E-state index < -0.39 is 17.7 Å². The van der Waals surface area contributed by atoms with Crippen LogP contribution in [0.2, 0.25) is 0 Å². The van der Waals surface area contributed by atoms with E-state index in [9.17, 15) is 9.59 Å². The van der Waals surface area contributed by atoms with Crippen LogP contribution in [0.5, 0.6) is 0 Å². The van der Waals surface area contributed by atoms with E-state index in [-0.39, 0.29) is 8.59 Å². The number of unbranched alkanes of at least 4 members (excludes halogenated alkanes) is 2. The van der Waals surface area contributed by atoms with Crippen molar-refractivity contribution in [3.05, 3.63) is 0 Å². The molecule has 0 aliphatic rings. The standard InChI is InChI=1S/C6H11O.C2H3O.Ir/c1-2-3-4-5-6-7;1-2-3;/h2-5H2,1H3;1H3;.